The van der Waals surface area contributed by atoms with Crippen LogP contribution in [0.3, 0.4) is 0 Å². The van der Waals surface area contributed by atoms with Crippen molar-refractivity contribution in [3.63, 3.8) is 0 Å². The Morgan fingerprint density at radius 3 is 2.82 bits per heavy atom. The quantitative estimate of drug-likeness (QED) is 0.908. The van der Waals surface area contributed by atoms with Crippen LogP contribution in [-0.2, 0) is 0 Å². The minimum Gasteiger partial charge on any atom is -0.495 e. The summed E-state index contributed by atoms with van der Waals surface area (Å²) >= 11 is 3.52. The Morgan fingerprint density at radius 1 is 1.41 bits per heavy atom. The van der Waals surface area contributed by atoms with Crippen LogP contribution < -0.4 is 15.0 Å². The lowest BCUT2D eigenvalue weighted by Crippen LogP contribution is -2.57. The molecule has 1 saturated heterocycles. The van der Waals surface area contributed by atoms with Gasteiger partial charge in [-0.25, -0.2) is 0 Å². The number of halogens is 1. The van der Waals surface area contributed by atoms with Gasteiger partial charge in [-0.05, 0) is 32.0 Å². The Kier molecular flexibility index (Phi) is 3.64. The lowest BCUT2D eigenvalue weighted by Gasteiger charge is -2.40. The van der Waals surface area contributed by atoms with E-state index in [-0.39, 0.29) is 5.54 Å². The number of hydrogen-bond donors (Lipinski definition) is 1. The number of nitrogens with zero attached hydrogens (tertiary/aromatic N) is 1. The van der Waals surface area contributed by atoms with E-state index >= 15 is 0 Å². The van der Waals surface area contributed by atoms with E-state index in [0.717, 1.165) is 35.5 Å². The molecule has 1 N–H and O–H groups in total. The molecule has 0 aliphatic carbocycles. The Balaban J connectivity index is 2.29. The summed E-state index contributed by atoms with van der Waals surface area (Å²) in [5, 5.41) is 3.52. The van der Waals surface area contributed by atoms with Crippen LogP contribution in [0.4, 0.5) is 5.69 Å². The van der Waals surface area contributed by atoms with Crippen LogP contribution in [0.1, 0.15) is 13.8 Å². The minimum atomic E-state index is 0.144. The number of benzene rings is 1. The molecule has 1 heterocycles. The van der Waals surface area contributed by atoms with Gasteiger partial charge in [-0.15, -0.1) is 0 Å². The molecule has 1 aromatic rings. The van der Waals surface area contributed by atoms with E-state index in [4.69, 9.17) is 4.74 Å². The fourth-order valence-electron chi connectivity index (χ4n) is 2.26. The number of hydrogen-bond acceptors (Lipinski definition) is 3. The smallest absolute Gasteiger partial charge is 0.142 e. The number of piperazine rings is 1. The zero-order valence-corrected chi connectivity index (χ0v) is 12.2. The van der Waals surface area contributed by atoms with Crippen molar-refractivity contribution < 1.29 is 4.74 Å². The minimum absolute atomic E-state index is 0.144. The van der Waals surface area contributed by atoms with E-state index in [1.807, 2.05) is 12.1 Å². The summed E-state index contributed by atoms with van der Waals surface area (Å²) in [7, 11) is 1.72. The maximum absolute atomic E-state index is 5.44. The molecule has 1 aliphatic heterocycles. The molecule has 17 heavy (non-hydrogen) atoms. The summed E-state index contributed by atoms with van der Waals surface area (Å²) in [6.45, 7) is 7.45. The summed E-state index contributed by atoms with van der Waals surface area (Å²) in [6.07, 6.45) is 0. The Morgan fingerprint density at radius 2 is 2.18 bits per heavy atom. The highest BCUT2D eigenvalue weighted by Gasteiger charge is 2.27. The molecule has 0 radical (unpaired) electrons. The molecule has 0 amide bonds. The zero-order chi connectivity index (χ0) is 12.5. The van der Waals surface area contributed by atoms with Gasteiger partial charge in [0.2, 0.25) is 0 Å². The first-order chi connectivity index (χ1) is 8.02. The number of methoxy groups -OCH3 is 1. The summed E-state index contributed by atoms with van der Waals surface area (Å²) in [5.74, 6) is 0.936. The van der Waals surface area contributed by atoms with Crippen molar-refractivity contribution in [1.29, 1.82) is 0 Å². The third-order valence-corrected chi connectivity index (χ3v) is 3.55. The van der Waals surface area contributed by atoms with Crippen molar-refractivity contribution in [3.8, 4) is 5.75 Å². The van der Waals surface area contributed by atoms with E-state index in [9.17, 15) is 0 Å². The third-order valence-electron chi connectivity index (χ3n) is 3.05. The molecule has 0 bridgehead atoms. The van der Waals surface area contributed by atoms with Gasteiger partial charge in [0.25, 0.3) is 0 Å². The van der Waals surface area contributed by atoms with Gasteiger partial charge in [0, 0.05) is 29.6 Å². The van der Waals surface area contributed by atoms with Gasteiger partial charge in [-0.3, -0.25) is 0 Å². The van der Waals surface area contributed by atoms with E-state index < -0.39 is 0 Å². The van der Waals surface area contributed by atoms with Gasteiger partial charge in [0.15, 0.2) is 0 Å². The molecular formula is C13H19BrN2O. The molecule has 0 unspecified atom stereocenters. The van der Waals surface area contributed by atoms with Gasteiger partial charge < -0.3 is 15.0 Å². The van der Waals surface area contributed by atoms with E-state index in [0.29, 0.717) is 0 Å². The SMILES string of the molecule is COc1ccc(Br)cc1N1CCNC(C)(C)C1. The molecule has 0 saturated carbocycles. The molecule has 0 spiro atoms. The highest BCUT2D eigenvalue weighted by atomic mass is 79.9. The van der Waals surface area contributed by atoms with Crippen LogP contribution >= 0.6 is 15.9 Å². The molecular weight excluding hydrogens is 280 g/mol. The maximum Gasteiger partial charge on any atom is 0.142 e. The van der Waals surface area contributed by atoms with Crippen LogP contribution in [0.25, 0.3) is 0 Å². The zero-order valence-electron chi connectivity index (χ0n) is 10.6. The maximum atomic E-state index is 5.44. The van der Waals surface area contributed by atoms with Gasteiger partial charge >= 0.3 is 0 Å². The predicted octanol–water partition coefficient (Wildman–Crippen LogP) is 2.65. The monoisotopic (exact) mass is 298 g/mol. The molecule has 94 valence electrons. The summed E-state index contributed by atoms with van der Waals surface area (Å²) in [6, 6.07) is 6.14. The molecule has 3 nitrogen and oxygen atoms in total. The van der Waals surface area contributed by atoms with Crippen molar-refractivity contribution in [3.05, 3.63) is 22.7 Å². The first-order valence-electron chi connectivity index (χ1n) is 5.85. The highest BCUT2D eigenvalue weighted by molar-refractivity contribution is 9.10. The summed E-state index contributed by atoms with van der Waals surface area (Å²) in [5.41, 5.74) is 1.31. The van der Waals surface area contributed by atoms with Crippen molar-refractivity contribution in [1.82, 2.24) is 5.32 Å². The summed E-state index contributed by atoms with van der Waals surface area (Å²) < 4.78 is 6.53. The Labute approximate surface area is 111 Å². The topological polar surface area (TPSA) is 24.5 Å². The average molecular weight is 299 g/mol. The number of nitrogens with one attached hydrogen (secondary N) is 1. The first kappa shape index (κ1) is 12.7. The molecule has 0 aromatic heterocycles. The predicted molar refractivity (Wildman–Crippen MR) is 75.0 cm³/mol. The van der Waals surface area contributed by atoms with Crippen molar-refractivity contribution in [2.45, 2.75) is 19.4 Å². The second-order valence-corrected chi connectivity index (χ2v) is 5.96. The number of rotatable bonds is 2. The molecule has 2 rings (SSSR count). The molecule has 4 heteroatoms. The van der Waals surface area contributed by atoms with Crippen LogP contribution in [0.15, 0.2) is 22.7 Å². The lowest BCUT2D eigenvalue weighted by molar-refractivity contribution is 0.348. The van der Waals surface area contributed by atoms with Crippen molar-refractivity contribution >= 4 is 21.6 Å². The fraction of sp³-hybridized carbons (Fsp3) is 0.538. The normalized spacial score (nSPS) is 19.2. The number of ether oxygens (including phenoxy) is 1. The largest absolute Gasteiger partial charge is 0.495 e. The van der Waals surface area contributed by atoms with Crippen LogP contribution in [0.2, 0.25) is 0 Å². The van der Waals surface area contributed by atoms with Gasteiger partial charge in [-0.2, -0.15) is 0 Å². The van der Waals surface area contributed by atoms with Gasteiger partial charge in [0.1, 0.15) is 5.75 Å². The number of anilines is 1. The fourth-order valence-corrected chi connectivity index (χ4v) is 2.61. The van der Waals surface area contributed by atoms with Gasteiger partial charge in [0.05, 0.1) is 12.8 Å². The van der Waals surface area contributed by atoms with Crippen LogP contribution in [-0.4, -0.2) is 32.3 Å². The van der Waals surface area contributed by atoms with Gasteiger partial charge in [-0.1, -0.05) is 15.9 Å². The van der Waals surface area contributed by atoms with E-state index in [1.165, 1.54) is 0 Å². The molecule has 1 aromatic carbocycles. The van der Waals surface area contributed by atoms with Crippen LogP contribution in [0, 0.1) is 0 Å². The average Bonchev–Trinajstić information content (AvgIpc) is 2.27. The highest BCUT2D eigenvalue weighted by Crippen LogP contribution is 2.32. The van der Waals surface area contributed by atoms with E-state index in [2.05, 4.69) is 46.1 Å². The third kappa shape index (κ3) is 2.93. The van der Waals surface area contributed by atoms with Crippen molar-refractivity contribution in [2.75, 3.05) is 31.6 Å². The first-order valence-corrected chi connectivity index (χ1v) is 6.65. The standard InChI is InChI=1S/C13H19BrN2O/c1-13(2)9-16(7-6-15-13)11-8-10(14)4-5-12(11)17-3/h4-5,8,15H,6-7,9H2,1-3H3. The van der Waals surface area contributed by atoms with E-state index in [1.54, 1.807) is 7.11 Å². The Hall–Kier alpha value is -0.740. The molecule has 0 atom stereocenters. The second kappa shape index (κ2) is 4.86. The van der Waals surface area contributed by atoms with Crippen LogP contribution in [0.5, 0.6) is 5.75 Å². The Bertz CT molecular complexity index is 406. The second-order valence-electron chi connectivity index (χ2n) is 5.05. The molecule has 1 aliphatic rings. The molecule has 1 fully saturated rings. The van der Waals surface area contributed by atoms with Crippen molar-refractivity contribution in [2.24, 2.45) is 0 Å². The lowest BCUT2D eigenvalue weighted by atomic mass is 10.0. The summed E-state index contributed by atoms with van der Waals surface area (Å²) in [4.78, 5) is 2.38.